The Morgan fingerprint density at radius 1 is 1.00 bits per heavy atom. The normalized spacial score (nSPS) is 19.0. The van der Waals surface area contributed by atoms with Crippen LogP contribution in [-0.4, -0.2) is 79.3 Å². The van der Waals surface area contributed by atoms with Gasteiger partial charge in [0.15, 0.2) is 5.79 Å². The predicted octanol–water partition coefficient (Wildman–Crippen LogP) is 10.1. The van der Waals surface area contributed by atoms with E-state index in [9.17, 15) is 23.3 Å². The van der Waals surface area contributed by atoms with Gasteiger partial charge in [-0.25, -0.2) is 18.1 Å². The van der Waals surface area contributed by atoms with Crippen LogP contribution in [0, 0.1) is 21.4 Å². The molecule has 0 bridgehead atoms. The first-order chi connectivity index (χ1) is 31.2. The minimum Gasteiger partial charge on any atom is -0.455 e. The number of anilines is 1. The molecule has 2 fully saturated rings. The number of carbonyl (C=O) groups excluding carboxylic acids is 1. The Labute approximate surface area is 383 Å². The lowest BCUT2D eigenvalue weighted by Crippen LogP contribution is -2.36. The molecular weight excluding hydrogens is 868 g/mol. The van der Waals surface area contributed by atoms with Crippen molar-refractivity contribution in [3.05, 3.63) is 129 Å². The molecule has 5 aromatic rings. The Bertz CT molecular complexity index is 2790. The summed E-state index contributed by atoms with van der Waals surface area (Å²) < 4.78 is 47.7. The van der Waals surface area contributed by atoms with Crippen LogP contribution in [-0.2, 0) is 19.5 Å². The van der Waals surface area contributed by atoms with Crippen LogP contribution in [0.25, 0.3) is 22.2 Å². The molecule has 0 atom stereocenters. The molecule has 2 aromatic heterocycles. The van der Waals surface area contributed by atoms with Crippen molar-refractivity contribution in [1.82, 2.24) is 19.6 Å². The van der Waals surface area contributed by atoms with Crippen molar-refractivity contribution in [3.63, 3.8) is 0 Å². The molecule has 1 saturated heterocycles. The summed E-state index contributed by atoms with van der Waals surface area (Å²) in [5, 5.41) is 16.9. The van der Waals surface area contributed by atoms with Crippen LogP contribution in [0.3, 0.4) is 0 Å². The molecule has 0 unspecified atom stereocenters. The van der Waals surface area contributed by atoms with Crippen LogP contribution in [0.4, 0.5) is 11.4 Å². The Balaban J connectivity index is 0.925. The first-order valence-corrected chi connectivity index (χ1v) is 24.1. The monoisotopic (exact) mass is 920 g/mol. The number of rotatable bonds is 13. The molecule has 14 nitrogen and oxygen atoms in total. The van der Waals surface area contributed by atoms with Gasteiger partial charge in [-0.05, 0) is 121 Å². The molecule has 4 aliphatic rings. The fraction of sp³-hybridized carbons (Fsp3) is 0.388. The van der Waals surface area contributed by atoms with Gasteiger partial charge in [0.1, 0.15) is 22.8 Å². The molecule has 4 heterocycles. The minimum atomic E-state index is -4.58. The van der Waals surface area contributed by atoms with E-state index in [-0.39, 0.29) is 28.3 Å². The van der Waals surface area contributed by atoms with Crippen molar-refractivity contribution in [1.29, 1.82) is 0 Å². The van der Waals surface area contributed by atoms with Crippen LogP contribution >= 0.6 is 11.6 Å². The summed E-state index contributed by atoms with van der Waals surface area (Å²) in [5.41, 5.74) is 6.60. The zero-order chi connectivity index (χ0) is 45.3. The molecular formula is C49H53ClN6O8S. The largest absolute Gasteiger partial charge is 0.455 e. The second kappa shape index (κ2) is 18.4. The number of halogens is 1. The van der Waals surface area contributed by atoms with Gasteiger partial charge in [0.25, 0.3) is 21.6 Å². The number of amides is 1. The Morgan fingerprint density at radius 3 is 2.51 bits per heavy atom. The Morgan fingerprint density at radius 2 is 1.77 bits per heavy atom. The third kappa shape index (κ3) is 10.1. The van der Waals surface area contributed by atoms with Crippen molar-refractivity contribution in [3.8, 4) is 11.5 Å². The molecule has 65 heavy (non-hydrogen) atoms. The van der Waals surface area contributed by atoms with Crippen molar-refractivity contribution in [2.24, 2.45) is 11.3 Å². The maximum absolute atomic E-state index is 14.0. The average molecular weight is 922 g/mol. The van der Waals surface area contributed by atoms with E-state index in [1.807, 2.05) is 18.2 Å². The number of H-pyrrole nitrogens is 1. The van der Waals surface area contributed by atoms with E-state index in [1.165, 1.54) is 35.0 Å². The van der Waals surface area contributed by atoms with Gasteiger partial charge in [-0.2, -0.15) is 0 Å². The van der Waals surface area contributed by atoms with Crippen LogP contribution in [0.15, 0.2) is 102 Å². The van der Waals surface area contributed by atoms with Gasteiger partial charge < -0.3 is 24.5 Å². The van der Waals surface area contributed by atoms with Gasteiger partial charge in [-0.3, -0.25) is 19.8 Å². The highest BCUT2D eigenvalue weighted by molar-refractivity contribution is 7.90. The first-order valence-electron chi connectivity index (χ1n) is 22.2. The van der Waals surface area contributed by atoms with Crippen LogP contribution in [0.5, 0.6) is 11.5 Å². The summed E-state index contributed by atoms with van der Waals surface area (Å²) in [6, 6.07) is 20.5. The van der Waals surface area contributed by atoms with E-state index >= 15 is 0 Å². The molecule has 1 amide bonds. The summed E-state index contributed by atoms with van der Waals surface area (Å²) in [6.07, 6.45) is 12.5. The Kier molecular flexibility index (Phi) is 12.6. The van der Waals surface area contributed by atoms with E-state index in [2.05, 4.69) is 57.0 Å². The van der Waals surface area contributed by atoms with Crippen molar-refractivity contribution in [2.75, 3.05) is 44.7 Å². The van der Waals surface area contributed by atoms with Crippen molar-refractivity contribution < 1.29 is 32.3 Å². The van der Waals surface area contributed by atoms with Gasteiger partial charge in [0.2, 0.25) is 0 Å². The quantitative estimate of drug-likeness (QED) is 0.0756. The lowest BCUT2D eigenvalue weighted by molar-refractivity contribution is -0.384. The highest BCUT2D eigenvalue weighted by Crippen LogP contribution is 2.44. The fourth-order valence-corrected chi connectivity index (χ4v) is 10.6. The molecule has 0 radical (unpaired) electrons. The number of ether oxygens (including phenoxy) is 3. The number of carbonyl (C=O) groups is 1. The second-order valence-electron chi connectivity index (χ2n) is 18.3. The van der Waals surface area contributed by atoms with Crippen molar-refractivity contribution in [2.45, 2.75) is 75.9 Å². The Hall–Kier alpha value is -5.58. The number of sulfonamides is 1. The van der Waals surface area contributed by atoms with Gasteiger partial charge in [0.05, 0.1) is 34.8 Å². The molecule has 1 spiro atoms. The summed E-state index contributed by atoms with van der Waals surface area (Å²) in [5.74, 6) is -0.765. The van der Waals surface area contributed by atoms with Gasteiger partial charge in [-0.1, -0.05) is 55.3 Å². The molecule has 2 aliphatic heterocycles. The molecule has 2 aliphatic carbocycles. The number of nitro groups is 1. The number of nitrogens with one attached hydrogen (secondary N) is 3. The highest BCUT2D eigenvalue weighted by Gasteiger charge is 2.40. The maximum atomic E-state index is 14.0. The molecule has 1 saturated carbocycles. The average Bonchev–Trinajstić information content (AvgIpc) is 3.96. The maximum Gasteiger partial charge on any atom is 0.293 e. The third-order valence-electron chi connectivity index (χ3n) is 13.3. The third-order valence-corrected chi connectivity index (χ3v) is 14.8. The van der Waals surface area contributed by atoms with Crippen LogP contribution in [0.2, 0.25) is 5.02 Å². The lowest BCUT2D eigenvalue weighted by atomic mass is 9.72. The number of aromatic amines is 1. The van der Waals surface area contributed by atoms with Crippen LogP contribution in [0.1, 0.15) is 86.7 Å². The number of nitrogens with zero attached hydrogens (tertiary/aromatic N) is 3. The number of allylic oxidation sites excluding steroid dienone is 1. The second-order valence-corrected chi connectivity index (χ2v) is 20.5. The first kappa shape index (κ1) is 44.6. The van der Waals surface area contributed by atoms with Gasteiger partial charge >= 0.3 is 0 Å². The number of pyridine rings is 1. The van der Waals surface area contributed by atoms with Crippen molar-refractivity contribution >= 4 is 61.1 Å². The molecule has 340 valence electrons. The predicted molar refractivity (Wildman–Crippen MR) is 250 cm³/mol. The van der Waals surface area contributed by atoms with Gasteiger partial charge in [0, 0.05) is 61.7 Å². The summed E-state index contributed by atoms with van der Waals surface area (Å²) >= 11 is 6.25. The molecule has 3 N–H and O–H groups in total. The number of fused-ring (bicyclic) bond motifs is 1. The van der Waals surface area contributed by atoms with E-state index in [4.69, 9.17) is 25.8 Å². The number of hydrogen-bond donors (Lipinski definition) is 3. The molecule has 16 heteroatoms. The highest BCUT2D eigenvalue weighted by atomic mass is 35.5. The smallest absolute Gasteiger partial charge is 0.293 e. The number of aromatic nitrogens is 2. The van der Waals surface area contributed by atoms with E-state index in [0.29, 0.717) is 31.2 Å². The lowest BCUT2D eigenvalue weighted by Gasteiger charge is -2.36. The topological polar surface area (TPSA) is 178 Å². The summed E-state index contributed by atoms with van der Waals surface area (Å²) in [6.45, 7) is 8.71. The molecule has 3 aromatic carbocycles. The zero-order valence-corrected chi connectivity index (χ0v) is 38.1. The standard InChI is InChI=1S/C49H53ClN6O8S/c1-48(2)17-13-37(42(28-48)34-3-6-38(50)7-4-34)31-55-21-15-33(16-22-55)35-5-9-41(45(26-35)64-39-25-36-14-20-51-46(36)53-30-39)47(57)54-65(60,61)40-8-10-43(44(27-40)56(58)59)52-29-32-11-18-49(19-12-32)62-23-24-63-49/h3-10,14-15,20,25-27,30,32,52H,11-13,16-19,21-24,28-29,31H2,1-2H3,(H,51,53)(H,54,57). The van der Waals surface area contributed by atoms with E-state index < -0.39 is 37.2 Å². The fourth-order valence-electron chi connectivity index (χ4n) is 9.52. The van der Waals surface area contributed by atoms with Gasteiger partial charge in [-0.15, -0.1) is 0 Å². The van der Waals surface area contributed by atoms with Crippen LogP contribution < -0.4 is 14.8 Å². The zero-order valence-electron chi connectivity index (χ0n) is 36.5. The minimum absolute atomic E-state index is 0.0399. The number of nitro benzene ring substituents is 1. The summed E-state index contributed by atoms with van der Waals surface area (Å²) in [4.78, 5) is 35.1. The summed E-state index contributed by atoms with van der Waals surface area (Å²) in [7, 11) is -4.58. The SMILES string of the molecule is CC1(C)CCC(CN2CC=C(c3ccc(C(=O)NS(=O)(=O)c4ccc(NCC5CCC6(CC5)OCCO6)c([N+](=O)[O-])c4)c(Oc4cnc5[nH]ccc5c4)c3)CC2)=C(c2ccc(Cl)cc2)C1. The van der Waals surface area contributed by atoms with E-state index in [1.54, 1.807) is 30.5 Å². The number of benzene rings is 3. The van der Waals surface area contributed by atoms with E-state index in [0.717, 1.165) is 98.6 Å². The molecule has 9 rings (SSSR count). The number of hydrogen-bond acceptors (Lipinski definition) is 11.